The van der Waals surface area contributed by atoms with Gasteiger partial charge in [0.15, 0.2) is 0 Å². The largest absolute Gasteiger partial charge is 0.396 e. The second-order valence-electron chi connectivity index (χ2n) is 4.59. The highest BCUT2D eigenvalue weighted by atomic mass is 32.2. The molecule has 0 aliphatic carbocycles. The summed E-state index contributed by atoms with van der Waals surface area (Å²) < 4.78 is 0. The van der Waals surface area contributed by atoms with Crippen LogP contribution in [0.2, 0.25) is 0 Å². The number of aliphatic hydroxyl groups excluding tert-OH is 1. The fourth-order valence-electron chi connectivity index (χ4n) is 1.46. The predicted octanol–water partition coefficient (Wildman–Crippen LogP) is 2.91. The third-order valence-corrected chi connectivity index (χ3v) is 3.47. The van der Waals surface area contributed by atoms with E-state index in [4.69, 9.17) is 5.11 Å². The molecule has 0 spiro atoms. The molecule has 0 fully saturated rings. The van der Waals surface area contributed by atoms with Crippen LogP contribution in [0.5, 0.6) is 0 Å². The molecule has 1 aromatic rings. The molecule has 17 heavy (non-hydrogen) atoms. The summed E-state index contributed by atoms with van der Waals surface area (Å²) in [7, 11) is 0. The number of nitrogens with one attached hydrogen (secondary N) is 1. The average molecular weight is 253 g/mol. The van der Waals surface area contributed by atoms with Crippen LogP contribution in [0.15, 0.2) is 29.2 Å². The summed E-state index contributed by atoms with van der Waals surface area (Å²) in [6.45, 7) is 6.72. The number of thioether (sulfide) groups is 1. The maximum Gasteiger partial charge on any atom is 0.0439 e. The van der Waals surface area contributed by atoms with Crippen LogP contribution in [-0.2, 0) is 6.54 Å². The van der Waals surface area contributed by atoms with Gasteiger partial charge in [0.25, 0.3) is 0 Å². The summed E-state index contributed by atoms with van der Waals surface area (Å²) in [6, 6.07) is 8.67. The summed E-state index contributed by atoms with van der Waals surface area (Å²) in [5, 5.41) is 12.1. The van der Waals surface area contributed by atoms with Gasteiger partial charge in [-0.2, -0.15) is 0 Å². The Morgan fingerprint density at radius 1 is 1.24 bits per heavy atom. The first-order chi connectivity index (χ1) is 8.22. The predicted molar refractivity (Wildman–Crippen MR) is 75.4 cm³/mol. The molecule has 2 nitrogen and oxygen atoms in total. The van der Waals surface area contributed by atoms with Crippen molar-refractivity contribution in [2.45, 2.75) is 31.7 Å². The van der Waals surface area contributed by atoms with Crippen LogP contribution in [0.25, 0.3) is 0 Å². The van der Waals surface area contributed by atoms with Gasteiger partial charge >= 0.3 is 0 Å². The number of rotatable bonds is 8. The van der Waals surface area contributed by atoms with Crippen molar-refractivity contribution in [3.05, 3.63) is 29.8 Å². The Bertz CT molecular complexity index is 298. The smallest absolute Gasteiger partial charge is 0.0439 e. The first kappa shape index (κ1) is 14.6. The molecule has 1 rings (SSSR count). The molecular weight excluding hydrogens is 230 g/mol. The van der Waals surface area contributed by atoms with Gasteiger partial charge in [0, 0.05) is 23.8 Å². The van der Waals surface area contributed by atoms with Gasteiger partial charge in [-0.1, -0.05) is 26.0 Å². The molecule has 0 saturated carbocycles. The van der Waals surface area contributed by atoms with Gasteiger partial charge in [-0.05, 0) is 36.6 Å². The van der Waals surface area contributed by atoms with Crippen molar-refractivity contribution in [3.63, 3.8) is 0 Å². The zero-order valence-electron chi connectivity index (χ0n) is 10.8. The minimum Gasteiger partial charge on any atom is -0.396 e. The molecular formula is C14H23NOS. The van der Waals surface area contributed by atoms with Crippen LogP contribution in [0.4, 0.5) is 0 Å². The normalized spacial score (nSPS) is 11.1. The Morgan fingerprint density at radius 2 is 1.94 bits per heavy atom. The summed E-state index contributed by atoms with van der Waals surface area (Å²) in [4.78, 5) is 1.28. The van der Waals surface area contributed by atoms with E-state index in [1.54, 1.807) is 11.8 Å². The summed E-state index contributed by atoms with van der Waals surface area (Å²) in [5.41, 5.74) is 1.33. The first-order valence-electron chi connectivity index (χ1n) is 6.25. The molecule has 96 valence electrons. The summed E-state index contributed by atoms with van der Waals surface area (Å²) in [5.74, 6) is 1.69. The van der Waals surface area contributed by atoms with Crippen molar-refractivity contribution >= 4 is 11.8 Å². The van der Waals surface area contributed by atoms with E-state index in [1.165, 1.54) is 10.5 Å². The highest BCUT2D eigenvalue weighted by molar-refractivity contribution is 7.99. The van der Waals surface area contributed by atoms with Crippen molar-refractivity contribution in [2.24, 2.45) is 5.92 Å². The molecule has 3 heteroatoms. The highest BCUT2D eigenvalue weighted by Crippen LogP contribution is 2.18. The summed E-state index contributed by atoms with van der Waals surface area (Å²) in [6.07, 6.45) is 0.863. The molecule has 2 N–H and O–H groups in total. The van der Waals surface area contributed by atoms with E-state index in [0.717, 1.165) is 25.3 Å². The van der Waals surface area contributed by atoms with Crippen LogP contribution in [0.3, 0.4) is 0 Å². The van der Waals surface area contributed by atoms with E-state index in [-0.39, 0.29) is 6.61 Å². The Morgan fingerprint density at radius 3 is 2.53 bits per heavy atom. The van der Waals surface area contributed by atoms with Gasteiger partial charge in [0.2, 0.25) is 0 Å². The summed E-state index contributed by atoms with van der Waals surface area (Å²) >= 11 is 1.80. The lowest BCUT2D eigenvalue weighted by atomic mass is 10.2. The molecule has 0 aromatic heterocycles. The number of aliphatic hydroxyl groups is 1. The average Bonchev–Trinajstić information content (AvgIpc) is 2.31. The standard InChI is InChI=1S/C14H23NOS/c1-12(2)10-15-11-13-4-6-14(7-5-13)17-9-3-8-16/h4-7,12,15-16H,3,8-11H2,1-2H3. The maximum atomic E-state index is 8.71. The monoisotopic (exact) mass is 253 g/mol. The Hall–Kier alpha value is -0.510. The van der Waals surface area contributed by atoms with Gasteiger partial charge in [0.05, 0.1) is 0 Å². The molecule has 0 unspecified atom stereocenters. The van der Waals surface area contributed by atoms with Gasteiger partial charge < -0.3 is 10.4 Å². The van der Waals surface area contributed by atoms with E-state index in [1.807, 2.05) is 0 Å². The maximum absolute atomic E-state index is 8.71. The molecule has 0 amide bonds. The van der Waals surface area contributed by atoms with Gasteiger partial charge in [-0.25, -0.2) is 0 Å². The van der Waals surface area contributed by atoms with Crippen molar-refractivity contribution < 1.29 is 5.11 Å². The van der Waals surface area contributed by atoms with E-state index in [2.05, 4.69) is 43.4 Å². The van der Waals surface area contributed by atoms with Gasteiger partial charge in [-0.15, -0.1) is 11.8 Å². The molecule has 0 saturated heterocycles. The number of hydrogen-bond donors (Lipinski definition) is 2. The van der Waals surface area contributed by atoms with Crippen LogP contribution < -0.4 is 5.32 Å². The first-order valence-corrected chi connectivity index (χ1v) is 7.24. The second-order valence-corrected chi connectivity index (χ2v) is 5.76. The van der Waals surface area contributed by atoms with E-state index in [0.29, 0.717) is 5.92 Å². The Kier molecular flexibility index (Phi) is 7.33. The topological polar surface area (TPSA) is 32.3 Å². The van der Waals surface area contributed by atoms with Gasteiger partial charge in [0.1, 0.15) is 0 Å². The Labute approximate surface area is 109 Å². The minimum absolute atomic E-state index is 0.282. The zero-order chi connectivity index (χ0) is 12.5. The lowest BCUT2D eigenvalue weighted by Crippen LogP contribution is -2.18. The van der Waals surface area contributed by atoms with E-state index >= 15 is 0 Å². The third kappa shape index (κ3) is 6.71. The zero-order valence-corrected chi connectivity index (χ0v) is 11.6. The quantitative estimate of drug-likeness (QED) is 0.552. The molecule has 0 aliphatic rings. The second kappa shape index (κ2) is 8.56. The highest BCUT2D eigenvalue weighted by Gasteiger charge is 1.97. The van der Waals surface area contributed by atoms with Crippen LogP contribution in [-0.4, -0.2) is 24.0 Å². The molecule has 0 atom stereocenters. The van der Waals surface area contributed by atoms with Gasteiger partial charge in [-0.3, -0.25) is 0 Å². The van der Waals surface area contributed by atoms with Crippen LogP contribution >= 0.6 is 11.8 Å². The molecule has 0 bridgehead atoms. The lowest BCUT2D eigenvalue weighted by molar-refractivity contribution is 0.296. The molecule has 0 radical (unpaired) electrons. The fourth-order valence-corrected chi connectivity index (χ4v) is 2.30. The van der Waals surface area contributed by atoms with Crippen molar-refractivity contribution in [3.8, 4) is 0 Å². The molecule has 0 aliphatic heterocycles. The van der Waals surface area contributed by atoms with Crippen LogP contribution in [0.1, 0.15) is 25.8 Å². The van der Waals surface area contributed by atoms with Crippen molar-refractivity contribution in [1.29, 1.82) is 0 Å². The number of hydrogen-bond acceptors (Lipinski definition) is 3. The van der Waals surface area contributed by atoms with E-state index in [9.17, 15) is 0 Å². The van der Waals surface area contributed by atoms with Crippen molar-refractivity contribution in [1.82, 2.24) is 5.32 Å². The number of benzene rings is 1. The molecule has 0 heterocycles. The lowest BCUT2D eigenvalue weighted by Gasteiger charge is -2.08. The third-order valence-electron chi connectivity index (χ3n) is 2.38. The fraction of sp³-hybridized carbons (Fsp3) is 0.571. The van der Waals surface area contributed by atoms with Crippen molar-refractivity contribution in [2.75, 3.05) is 18.9 Å². The minimum atomic E-state index is 0.282. The SMILES string of the molecule is CC(C)CNCc1ccc(SCCCO)cc1. The van der Waals surface area contributed by atoms with Crippen LogP contribution in [0, 0.1) is 5.92 Å². The Balaban J connectivity index is 2.29. The van der Waals surface area contributed by atoms with E-state index < -0.39 is 0 Å². The molecule has 1 aromatic carbocycles.